The number of alkyl halides is 1. The van der Waals surface area contributed by atoms with Gasteiger partial charge in [0.15, 0.2) is 0 Å². The quantitative estimate of drug-likeness (QED) is 0.787. The zero-order valence-electron chi connectivity index (χ0n) is 10.6. The molecule has 0 spiro atoms. The lowest BCUT2D eigenvalue weighted by Crippen LogP contribution is -2.39. The normalized spacial score (nSPS) is 12.2. The van der Waals surface area contributed by atoms with Gasteiger partial charge in [0.05, 0.1) is 19.1 Å². The Bertz CT molecular complexity index is 403. The van der Waals surface area contributed by atoms with Crippen molar-refractivity contribution in [2.75, 3.05) is 19.6 Å². The third kappa shape index (κ3) is 5.35. The van der Waals surface area contributed by atoms with Gasteiger partial charge in [-0.3, -0.25) is 4.79 Å². The number of amides is 1. The molecule has 1 atom stereocenters. The Balaban J connectivity index is 2.63. The number of rotatable bonds is 7. The van der Waals surface area contributed by atoms with Crippen molar-refractivity contribution in [2.24, 2.45) is 0 Å². The highest BCUT2D eigenvalue weighted by molar-refractivity contribution is 6.31. The number of carbonyl (C=O) groups is 1. The highest BCUT2D eigenvalue weighted by Crippen LogP contribution is 2.19. The van der Waals surface area contributed by atoms with Gasteiger partial charge in [-0.15, -0.1) is 11.6 Å². The number of methoxy groups -OCH3 is 1. The minimum absolute atomic E-state index is 0.103. The Morgan fingerprint density at radius 2 is 2.26 bits per heavy atom. The van der Waals surface area contributed by atoms with Gasteiger partial charge in [-0.1, -0.05) is 17.7 Å². The average molecular weight is 308 g/mol. The van der Waals surface area contributed by atoms with Gasteiger partial charge in [0.2, 0.25) is 5.91 Å². The molecule has 1 amide bonds. The Kier molecular flexibility index (Phi) is 7.13. The van der Waals surface area contributed by atoms with Crippen LogP contribution in [0.5, 0.6) is 0 Å². The van der Waals surface area contributed by atoms with Crippen molar-refractivity contribution in [2.45, 2.75) is 18.9 Å². The van der Waals surface area contributed by atoms with Crippen molar-refractivity contribution in [3.8, 4) is 0 Å². The summed E-state index contributed by atoms with van der Waals surface area (Å²) >= 11 is 11.5. The zero-order valence-corrected chi connectivity index (χ0v) is 12.1. The van der Waals surface area contributed by atoms with Gasteiger partial charge in [-0.25, -0.2) is 4.39 Å². The van der Waals surface area contributed by atoms with Crippen LogP contribution in [-0.2, 0) is 16.0 Å². The van der Waals surface area contributed by atoms with Crippen LogP contribution < -0.4 is 5.32 Å². The molecule has 1 N–H and O–H groups in total. The van der Waals surface area contributed by atoms with Crippen LogP contribution in [0.25, 0.3) is 0 Å². The molecule has 6 heteroatoms. The standard InChI is InChI=1S/C13H16Cl2FNO2/c1-19-8-9(5-6-14)17-13(18)7-10-11(15)3-2-4-12(10)16/h2-4,9H,5-8H2,1H3,(H,17,18). The maximum absolute atomic E-state index is 13.5. The Morgan fingerprint density at radius 1 is 1.53 bits per heavy atom. The molecule has 0 aromatic heterocycles. The summed E-state index contributed by atoms with van der Waals surface area (Å²) in [6.07, 6.45) is 0.486. The number of benzene rings is 1. The number of ether oxygens (including phenoxy) is 1. The van der Waals surface area contributed by atoms with E-state index in [2.05, 4.69) is 5.32 Å². The summed E-state index contributed by atoms with van der Waals surface area (Å²) in [7, 11) is 1.54. The van der Waals surface area contributed by atoms with E-state index in [4.69, 9.17) is 27.9 Å². The molecule has 3 nitrogen and oxygen atoms in total. The number of nitrogens with one attached hydrogen (secondary N) is 1. The molecule has 0 saturated carbocycles. The first-order chi connectivity index (χ1) is 9.08. The molecule has 1 unspecified atom stereocenters. The van der Waals surface area contributed by atoms with E-state index in [9.17, 15) is 9.18 Å². The highest BCUT2D eigenvalue weighted by Gasteiger charge is 2.15. The fourth-order valence-electron chi connectivity index (χ4n) is 1.67. The maximum atomic E-state index is 13.5. The van der Waals surface area contributed by atoms with E-state index in [1.807, 2.05) is 0 Å². The highest BCUT2D eigenvalue weighted by atomic mass is 35.5. The van der Waals surface area contributed by atoms with Crippen molar-refractivity contribution in [3.05, 3.63) is 34.6 Å². The van der Waals surface area contributed by atoms with E-state index in [1.54, 1.807) is 13.2 Å². The van der Waals surface area contributed by atoms with E-state index < -0.39 is 5.82 Å². The Labute approximate surface area is 122 Å². The molecule has 106 valence electrons. The summed E-state index contributed by atoms with van der Waals surface area (Å²) in [5, 5.41) is 2.99. The minimum atomic E-state index is -0.483. The van der Waals surface area contributed by atoms with Crippen LogP contribution in [0.15, 0.2) is 18.2 Å². The molecule has 1 rings (SSSR count). The molecule has 0 aliphatic rings. The second-order valence-corrected chi connectivity index (χ2v) is 4.86. The van der Waals surface area contributed by atoms with Gasteiger partial charge in [0, 0.05) is 23.6 Å². The fraction of sp³-hybridized carbons (Fsp3) is 0.462. The van der Waals surface area contributed by atoms with Gasteiger partial charge in [-0.05, 0) is 18.6 Å². The molecule has 0 heterocycles. The second kappa shape index (κ2) is 8.35. The first kappa shape index (κ1) is 16.2. The lowest BCUT2D eigenvalue weighted by atomic mass is 10.1. The van der Waals surface area contributed by atoms with Crippen LogP contribution in [-0.4, -0.2) is 31.5 Å². The van der Waals surface area contributed by atoms with E-state index in [0.29, 0.717) is 18.9 Å². The molecule has 0 aliphatic carbocycles. The maximum Gasteiger partial charge on any atom is 0.224 e. The van der Waals surface area contributed by atoms with Gasteiger partial charge >= 0.3 is 0 Å². The lowest BCUT2D eigenvalue weighted by molar-refractivity contribution is -0.121. The van der Waals surface area contributed by atoms with Crippen molar-refractivity contribution in [3.63, 3.8) is 0 Å². The first-order valence-corrected chi connectivity index (χ1v) is 6.77. The molecule has 0 radical (unpaired) electrons. The first-order valence-electron chi connectivity index (χ1n) is 5.85. The molecule has 1 aromatic carbocycles. The summed E-state index contributed by atoms with van der Waals surface area (Å²) in [4.78, 5) is 11.8. The predicted molar refractivity (Wildman–Crippen MR) is 74.3 cm³/mol. The van der Waals surface area contributed by atoms with Crippen LogP contribution in [0.2, 0.25) is 5.02 Å². The number of carbonyl (C=O) groups excluding carboxylic acids is 1. The van der Waals surface area contributed by atoms with E-state index in [1.165, 1.54) is 12.1 Å². The number of hydrogen-bond donors (Lipinski definition) is 1. The van der Waals surface area contributed by atoms with Crippen LogP contribution >= 0.6 is 23.2 Å². The largest absolute Gasteiger partial charge is 0.383 e. The monoisotopic (exact) mass is 307 g/mol. The van der Waals surface area contributed by atoms with Crippen LogP contribution in [0.3, 0.4) is 0 Å². The SMILES string of the molecule is COCC(CCCl)NC(=O)Cc1c(F)cccc1Cl. The van der Waals surface area contributed by atoms with Crippen LogP contribution in [0.4, 0.5) is 4.39 Å². The van der Waals surface area contributed by atoms with Crippen molar-refractivity contribution in [1.82, 2.24) is 5.32 Å². The second-order valence-electron chi connectivity index (χ2n) is 4.07. The lowest BCUT2D eigenvalue weighted by Gasteiger charge is -2.17. The van der Waals surface area contributed by atoms with E-state index >= 15 is 0 Å². The number of halogens is 3. The summed E-state index contributed by atoms with van der Waals surface area (Å²) in [6, 6.07) is 4.15. The summed E-state index contributed by atoms with van der Waals surface area (Å²) < 4.78 is 18.5. The van der Waals surface area contributed by atoms with Gasteiger partial charge in [-0.2, -0.15) is 0 Å². The third-order valence-corrected chi connectivity index (χ3v) is 3.16. The molecular formula is C13H16Cl2FNO2. The summed E-state index contributed by atoms with van der Waals surface area (Å²) in [5.74, 6) is -0.378. The van der Waals surface area contributed by atoms with Crippen LogP contribution in [0, 0.1) is 5.82 Å². The van der Waals surface area contributed by atoms with Gasteiger partial charge in [0.1, 0.15) is 5.82 Å². The Morgan fingerprint density at radius 3 is 2.84 bits per heavy atom. The van der Waals surface area contributed by atoms with Crippen molar-refractivity contribution >= 4 is 29.1 Å². The third-order valence-electron chi connectivity index (χ3n) is 2.59. The topological polar surface area (TPSA) is 38.3 Å². The smallest absolute Gasteiger partial charge is 0.224 e. The van der Waals surface area contributed by atoms with Crippen molar-refractivity contribution < 1.29 is 13.9 Å². The molecule has 0 bridgehead atoms. The van der Waals surface area contributed by atoms with E-state index in [-0.39, 0.29) is 29.0 Å². The summed E-state index contributed by atoms with van der Waals surface area (Å²) in [5.41, 5.74) is 0.198. The minimum Gasteiger partial charge on any atom is -0.383 e. The van der Waals surface area contributed by atoms with E-state index in [0.717, 1.165) is 0 Å². The molecule has 0 fully saturated rings. The number of hydrogen-bond acceptors (Lipinski definition) is 2. The summed E-state index contributed by atoms with van der Waals surface area (Å²) in [6.45, 7) is 0.365. The van der Waals surface area contributed by atoms with Crippen LogP contribution in [0.1, 0.15) is 12.0 Å². The van der Waals surface area contributed by atoms with Gasteiger partial charge in [0.25, 0.3) is 0 Å². The molecule has 0 saturated heterocycles. The average Bonchev–Trinajstić information content (AvgIpc) is 2.35. The fourth-order valence-corrected chi connectivity index (χ4v) is 2.16. The molecule has 19 heavy (non-hydrogen) atoms. The molecule has 1 aromatic rings. The van der Waals surface area contributed by atoms with Crippen molar-refractivity contribution in [1.29, 1.82) is 0 Å². The molecular weight excluding hydrogens is 292 g/mol. The molecule has 0 aliphatic heterocycles. The zero-order chi connectivity index (χ0) is 14.3. The predicted octanol–water partition coefficient (Wildman–Crippen LogP) is 2.78. The Hall–Kier alpha value is -0.840. The van der Waals surface area contributed by atoms with Gasteiger partial charge < -0.3 is 10.1 Å².